The van der Waals surface area contributed by atoms with Gasteiger partial charge in [0.2, 0.25) is 0 Å². The van der Waals surface area contributed by atoms with Crippen molar-refractivity contribution in [3.8, 4) is 0 Å². The van der Waals surface area contributed by atoms with Crippen LogP contribution in [0.25, 0.3) is 0 Å². The lowest BCUT2D eigenvalue weighted by Crippen LogP contribution is -2.29. The minimum absolute atomic E-state index is 0.739. The second-order valence-corrected chi connectivity index (χ2v) is 4.95. The second kappa shape index (κ2) is 4.79. The van der Waals surface area contributed by atoms with Gasteiger partial charge in [-0.05, 0) is 24.0 Å². The Labute approximate surface area is 104 Å². The fourth-order valence-electron chi connectivity index (χ4n) is 2.91. The largest absolute Gasteiger partial charge is 0.176 e. The van der Waals surface area contributed by atoms with E-state index >= 15 is 0 Å². The summed E-state index contributed by atoms with van der Waals surface area (Å²) in [5, 5.41) is 0. The summed E-state index contributed by atoms with van der Waals surface area (Å²) in [5.41, 5.74) is 4.64. The van der Waals surface area contributed by atoms with Crippen molar-refractivity contribution in [1.29, 1.82) is 0 Å². The lowest BCUT2D eigenvalue weighted by molar-refractivity contribution is 1.07. The highest BCUT2D eigenvalue weighted by atomic mass is 14.1. The van der Waals surface area contributed by atoms with Gasteiger partial charge in [0.15, 0.2) is 6.71 Å². The molecule has 3 rings (SSSR count). The molecular formula is C16H17B. The molecule has 1 aliphatic rings. The summed E-state index contributed by atoms with van der Waals surface area (Å²) >= 11 is 0. The number of hydrogen-bond acceptors (Lipinski definition) is 0. The van der Waals surface area contributed by atoms with Gasteiger partial charge in [-0.25, -0.2) is 0 Å². The zero-order valence-electron chi connectivity index (χ0n) is 10.1. The van der Waals surface area contributed by atoms with Crippen molar-refractivity contribution in [3.63, 3.8) is 0 Å². The molecule has 17 heavy (non-hydrogen) atoms. The number of aryl methyl sites for hydroxylation is 2. The van der Waals surface area contributed by atoms with Crippen LogP contribution in [0, 0.1) is 0 Å². The van der Waals surface area contributed by atoms with Gasteiger partial charge in [0.25, 0.3) is 0 Å². The second-order valence-electron chi connectivity index (χ2n) is 4.95. The molecule has 1 aliphatic heterocycles. The van der Waals surface area contributed by atoms with Gasteiger partial charge in [-0.15, -0.1) is 0 Å². The normalized spacial score (nSPS) is 15.2. The predicted octanol–water partition coefficient (Wildman–Crippen LogP) is 3.19. The fraction of sp³-hybridized carbons (Fsp3) is 0.250. The lowest BCUT2D eigenvalue weighted by Gasteiger charge is -2.09. The minimum atomic E-state index is 0.739. The molecule has 0 aromatic heterocycles. The third-order valence-electron chi connectivity index (χ3n) is 3.91. The highest BCUT2D eigenvalue weighted by Crippen LogP contribution is 2.21. The summed E-state index contributed by atoms with van der Waals surface area (Å²) < 4.78 is 0. The lowest BCUT2D eigenvalue weighted by atomic mass is 9.40. The quantitative estimate of drug-likeness (QED) is 0.647. The van der Waals surface area contributed by atoms with Crippen LogP contribution in [-0.4, -0.2) is 6.71 Å². The highest BCUT2D eigenvalue weighted by Gasteiger charge is 2.20. The molecule has 0 saturated heterocycles. The van der Waals surface area contributed by atoms with E-state index < -0.39 is 0 Å². The number of hydrogen-bond donors (Lipinski definition) is 0. The first-order chi connectivity index (χ1) is 8.43. The van der Waals surface area contributed by atoms with E-state index in [0.29, 0.717) is 0 Å². The van der Waals surface area contributed by atoms with Gasteiger partial charge < -0.3 is 0 Å². The zero-order valence-corrected chi connectivity index (χ0v) is 10.1. The summed E-state index contributed by atoms with van der Waals surface area (Å²) in [4.78, 5) is 0. The molecule has 1 heteroatoms. The van der Waals surface area contributed by atoms with Crippen LogP contribution in [0.4, 0.5) is 0 Å². The number of rotatable bonds is 1. The van der Waals surface area contributed by atoms with E-state index in [1.807, 2.05) is 0 Å². The molecule has 0 bridgehead atoms. The SMILES string of the molecule is c1ccc(B2CCc3ccccc3CC2)cc1. The van der Waals surface area contributed by atoms with Crippen LogP contribution in [0.1, 0.15) is 11.1 Å². The number of fused-ring (bicyclic) bond motifs is 1. The molecule has 0 aliphatic carbocycles. The van der Waals surface area contributed by atoms with Crippen LogP contribution in [0.3, 0.4) is 0 Å². The van der Waals surface area contributed by atoms with Crippen molar-refractivity contribution in [2.45, 2.75) is 25.5 Å². The van der Waals surface area contributed by atoms with Gasteiger partial charge >= 0.3 is 0 Å². The number of benzene rings is 2. The standard InChI is InChI=1S/C16H17B/c1-2-8-16(9-3-1)17-12-10-14-6-4-5-7-15(14)11-13-17/h1-9H,10-13H2. The molecule has 1 heterocycles. The van der Waals surface area contributed by atoms with E-state index in [2.05, 4.69) is 54.6 Å². The molecule has 2 aromatic rings. The van der Waals surface area contributed by atoms with Crippen LogP contribution in [0.15, 0.2) is 54.6 Å². The Bertz CT molecular complexity index is 463. The first-order valence-electron chi connectivity index (χ1n) is 6.55. The molecule has 0 nitrogen and oxygen atoms in total. The molecule has 0 spiro atoms. The molecule has 0 unspecified atom stereocenters. The van der Waals surface area contributed by atoms with Crippen LogP contribution in [0.5, 0.6) is 0 Å². The van der Waals surface area contributed by atoms with Gasteiger partial charge in [0, 0.05) is 0 Å². The van der Waals surface area contributed by atoms with Crippen molar-refractivity contribution in [2.75, 3.05) is 0 Å². The Hall–Kier alpha value is -1.50. The maximum Gasteiger partial charge on any atom is 0.176 e. The first-order valence-corrected chi connectivity index (χ1v) is 6.55. The Morgan fingerprint density at radius 1 is 0.647 bits per heavy atom. The smallest absolute Gasteiger partial charge is 0.0800 e. The molecule has 0 N–H and O–H groups in total. The summed E-state index contributed by atoms with van der Waals surface area (Å²) in [7, 11) is 0. The van der Waals surface area contributed by atoms with Gasteiger partial charge in [0.05, 0.1) is 0 Å². The van der Waals surface area contributed by atoms with Crippen LogP contribution < -0.4 is 5.46 Å². The molecule has 0 fully saturated rings. The van der Waals surface area contributed by atoms with Gasteiger partial charge in [-0.1, -0.05) is 72.7 Å². The molecule has 84 valence electrons. The molecular weight excluding hydrogens is 203 g/mol. The minimum Gasteiger partial charge on any atom is -0.0800 e. The van der Waals surface area contributed by atoms with Crippen LogP contribution in [0.2, 0.25) is 12.6 Å². The van der Waals surface area contributed by atoms with Crippen LogP contribution >= 0.6 is 0 Å². The van der Waals surface area contributed by atoms with Crippen molar-refractivity contribution in [3.05, 3.63) is 65.7 Å². The monoisotopic (exact) mass is 220 g/mol. The zero-order chi connectivity index (χ0) is 11.5. The Morgan fingerprint density at radius 3 is 1.76 bits per heavy atom. The van der Waals surface area contributed by atoms with Crippen LogP contribution in [-0.2, 0) is 12.8 Å². The van der Waals surface area contributed by atoms with E-state index in [1.165, 1.54) is 30.9 Å². The Balaban J connectivity index is 1.82. The summed E-state index contributed by atoms with van der Waals surface area (Å²) in [6.45, 7) is 0.739. The Kier molecular flexibility index (Phi) is 3.00. The Morgan fingerprint density at radius 2 is 1.18 bits per heavy atom. The molecule has 0 saturated carbocycles. The van der Waals surface area contributed by atoms with E-state index in [9.17, 15) is 0 Å². The highest BCUT2D eigenvalue weighted by molar-refractivity contribution is 6.73. The van der Waals surface area contributed by atoms with Gasteiger partial charge in [-0.2, -0.15) is 0 Å². The van der Waals surface area contributed by atoms with E-state index in [0.717, 1.165) is 6.71 Å². The third-order valence-corrected chi connectivity index (χ3v) is 3.91. The van der Waals surface area contributed by atoms with Crippen molar-refractivity contribution in [1.82, 2.24) is 0 Å². The average Bonchev–Trinajstić information content (AvgIpc) is 2.62. The van der Waals surface area contributed by atoms with Crippen molar-refractivity contribution in [2.24, 2.45) is 0 Å². The summed E-state index contributed by atoms with van der Waals surface area (Å²) in [6, 6.07) is 19.9. The molecule has 2 aromatic carbocycles. The average molecular weight is 220 g/mol. The molecule has 0 radical (unpaired) electrons. The predicted molar refractivity (Wildman–Crippen MR) is 75.3 cm³/mol. The fourth-order valence-corrected chi connectivity index (χ4v) is 2.91. The van der Waals surface area contributed by atoms with Gasteiger partial charge in [0.1, 0.15) is 0 Å². The van der Waals surface area contributed by atoms with E-state index in [4.69, 9.17) is 0 Å². The maximum atomic E-state index is 2.29. The summed E-state index contributed by atoms with van der Waals surface area (Å²) in [6.07, 6.45) is 5.05. The topological polar surface area (TPSA) is 0 Å². The van der Waals surface area contributed by atoms with E-state index in [1.54, 1.807) is 11.1 Å². The van der Waals surface area contributed by atoms with E-state index in [-0.39, 0.29) is 0 Å². The molecule has 0 amide bonds. The maximum absolute atomic E-state index is 2.29. The van der Waals surface area contributed by atoms with Gasteiger partial charge in [-0.3, -0.25) is 0 Å². The summed E-state index contributed by atoms with van der Waals surface area (Å²) in [5.74, 6) is 0. The van der Waals surface area contributed by atoms with Crippen molar-refractivity contribution < 1.29 is 0 Å². The first kappa shape index (κ1) is 10.6. The third kappa shape index (κ3) is 2.29. The molecule has 0 atom stereocenters. The van der Waals surface area contributed by atoms with Crippen molar-refractivity contribution >= 4 is 12.2 Å².